The first-order chi connectivity index (χ1) is 15.5. The fourth-order valence-corrected chi connectivity index (χ4v) is 7.61. The monoisotopic (exact) mass is 512 g/mol. The van der Waals surface area contributed by atoms with E-state index in [9.17, 15) is 18.0 Å². The first kappa shape index (κ1) is 24.4. The van der Waals surface area contributed by atoms with Crippen LogP contribution >= 0.6 is 22.9 Å². The number of piperidine rings is 1. The van der Waals surface area contributed by atoms with Crippen LogP contribution in [0.2, 0.25) is 5.02 Å². The number of halogens is 1. The van der Waals surface area contributed by atoms with Gasteiger partial charge in [-0.3, -0.25) is 9.59 Å². The van der Waals surface area contributed by atoms with Crippen LogP contribution in [0.4, 0.5) is 0 Å². The van der Waals surface area contributed by atoms with Gasteiger partial charge in [0, 0.05) is 35.4 Å². The predicted octanol–water partition coefficient (Wildman–Crippen LogP) is 2.38. The summed E-state index contributed by atoms with van der Waals surface area (Å²) in [5.74, 6) is -0.459. The first-order valence-electron chi connectivity index (χ1n) is 11.0. The summed E-state index contributed by atoms with van der Waals surface area (Å²) in [6.07, 6.45) is 1.89. The van der Waals surface area contributed by atoms with E-state index in [1.165, 1.54) is 4.90 Å². The highest BCUT2D eigenvalue weighted by atomic mass is 35.5. The zero-order chi connectivity index (χ0) is 24.0. The highest BCUT2D eigenvalue weighted by Crippen LogP contribution is 2.33. The molecule has 33 heavy (non-hydrogen) atoms. The molecule has 0 spiro atoms. The molecule has 8 nitrogen and oxygen atoms in total. The van der Waals surface area contributed by atoms with Crippen molar-refractivity contribution in [2.45, 2.75) is 42.0 Å². The summed E-state index contributed by atoms with van der Waals surface area (Å²) >= 11 is 7.14. The van der Waals surface area contributed by atoms with Crippen molar-refractivity contribution in [3.63, 3.8) is 0 Å². The molecular formula is C22H29ClN4O4S2. The minimum absolute atomic E-state index is 0.0301. The van der Waals surface area contributed by atoms with E-state index in [0.29, 0.717) is 43.5 Å². The summed E-state index contributed by atoms with van der Waals surface area (Å²) in [6, 6.07) is 7.11. The Morgan fingerprint density at radius 3 is 2.76 bits per heavy atom. The normalized spacial score (nSPS) is 24.3. The van der Waals surface area contributed by atoms with Gasteiger partial charge in [-0.2, -0.15) is 4.72 Å². The lowest BCUT2D eigenvalue weighted by Gasteiger charge is -2.39. The summed E-state index contributed by atoms with van der Waals surface area (Å²) < 4.78 is 29.8. The number of hydrogen-bond donors (Lipinski definition) is 1. The van der Waals surface area contributed by atoms with Crippen LogP contribution < -0.4 is 4.72 Å². The summed E-state index contributed by atoms with van der Waals surface area (Å²) in [7, 11) is 0.0579. The van der Waals surface area contributed by atoms with Crippen LogP contribution in [0, 0.1) is 0 Å². The molecule has 0 radical (unpaired) electrons. The van der Waals surface area contributed by atoms with Gasteiger partial charge in [-0.15, -0.1) is 11.3 Å². The molecule has 2 atom stereocenters. The van der Waals surface area contributed by atoms with Crippen LogP contribution in [0.25, 0.3) is 10.1 Å². The van der Waals surface area contributed by atoms with Gasteiger partial charge >= 0.3 is 0 Å². The van der Waals surface area contributed by atoms with Gasteiger partial charge in [-0.05, 0) is 63.9 Å². The third-order valence-corrected chi connectivity index (χ3v) is 9.92. The number of amides is 2. The van der Waals surface area contributed by atoms with Crippen LogP contribution in [0.3, 0.4) is 0 Å². The number of carbonyl (C=O) groups is 2. The van der Waals surface area contributed by atoms with Crippen LogP contribution in [-0.2, 0) is 19.6 Å². The molecular weight excluding hydrogens is 484 g/mol. The zero-order valence-electron chi connectivity index (χ0n) is 19.0. The van der Waals surface area contributed by atoms with Gasteiger partial charge in [0.15, 0.2) is 0 Å². The van der Waals surface area contributed by atoms with E-state index in [2.05, 4.69) is 9.62 Å². The number of rotatable bonds is 6. The molecule has 0 saturated carbocycles. The van der Waals surface area contributed by atoms with E-state index in [1.807, 2.05) is 14.1 Å². The molecule has 0 aliphatic carbocycles. The van der Waals surface area contributed by atoms with Crippen molar-refractivity contribution in [1.29, 1.82) is 0 Å². The van der Waals surface area contributed by atoms with E-state index in [0.717, 1.165) is 27.8 Å². The largest absolute Gasteiger partial charge is 0.340 e. The summed E-state index contributed by atoms with van der Waals surface area (Å²) in [4.78, 5) is 31.5. The molecule has 0 unspecified atom stereocenters. The predicted molar refractivity (Wildman–Crippen MR) is 130 cm³/mol. The van der Waals surface area contributed by atoms with Gasteiger partial charge < -0.3 is 14.7 Å². The lowest BCUT2D eigenvalue weighted by Crippen LogP contribution is -2.61. The SMILES string of the molecule is CN(C)[C@H]1CCN(C(=O)CN2CCC[C@](C)(NS(=O)(=O)c3cc4ccc(Cl)cc4s3)C2=O)C1. The van der Waals surface area contributed by atoms with Crippen molar-refractivity contribution in [2.24, 2.45) is 0 Å². The highest BCUT2D eigenvalue weighted by Gasteiger charge is 2.44. The van der Waals surface area contributed by atoms with E-state index >= 15 is 0 Å². The Bertz CT molecular complexity index is 1180. The number of thiophene rings is 1. The number of sulfonamides is 1. The van der Waals surface area contributed by atoms with Crippen LogP contribution in [0.5, 0.6) is 0 Å². The number of likely N-dealkylation sites (tertiary alicyclic amines) is 2. The van der Waals surface area contributed by atoms with Crippen molar-refractivity contribution < 1.29 is 18.0 Å². The molecule has 1 aromatic heterocycles. The fraction of sp³-hybridized carbons (Fsp3) is 0.545. The lowest BCUT2D eigenvalue weighted by atomic mass is 9.91. The van der Waals surface area contributed by atoms with Crippen molar-refractivity contribution in [3.8, 4) is 0 Å². The quantitative estimate of drug-likeness (QED) is 0.641. The van der Waals surface area contributed by atoms with Crippen molar-refractivity contribution in [1.82, 2.24) is 19.4 Å². The van der Waals surface area contributed by atoms with Crippen LogP contribution in [0.1, 0.15) is 26.2 Å². The number of hydrogen-bond acceptors (Lipinski definition) is 6. The van der Waals surface area contributed by atoms with Crippen molar-refractivity contribution in [3.05, 3.63) is 29.3 Å². The van der Waals surface area contributed by atoms with Gasteiger partial charge in [0.25, 0.3) is 10.0 Å². The molecule has 180 valence electrons. The average molecular weight is 513 g/mol. The number of nitrogens with zero attached hydrogens (tertiary/aromatic N) is 3. The molecule has 4 rings (SSSR count). The second kappa shape index (κ2) is 9.14. The van der Waals surface area contributed by atoms with E-state index < -0.39 is 15.6 Å². The molecule has 3 heterocycles. The second-order valence-electron chi connectivity index (χ2n) is 9.26. The molecule has 2 fully saturated rings. The van der Waals surface area contributed by atoms with Crippen LogP contribution in [0.15, 0.2) is 28.5 Å². The van der Waals surface area contributed by atoms with E-state index in [-0.39, 0.29) is 22.6 Å². The maximum absolute atomic E-state index is 13.3. The van der Waals surface area contributed by atoms with Gasteiger partial charge in [-0.25, -0.2) is 8.42 Å². The van der Waals surface area contributed by atoms with Crippen molar-refractivity contribution >= 4 is 54.9 Å². The zero-order valence-corrected chi connectivity index (χ0v) is 21.4. The Hall–Kier alpha value is -1.72. The Labute approximate surface area is 203 Å². The summed E-state index contributed by atoms with van der Waals surface area (Å²) in [5, 5.41) is 1.31. The minimum Gasteiger partial charge on any atom is -0.340 e. The fourth-order valence-electron chi connectivity index (χ4n) is 4.54. The standard InChI is InChI=1S/C22H29ClN4O4S2/c1-22(24-33(30,31)20-11-15-5-6-16(23)12-18(15)32-20)8-4-9-27(21(22)29)14-19(28)26-10-7-17(13-26)25(2)3/h5-6,11-12,17,24H,4,7-10,13-14H2,1-3H3/t17-,22-/m0/s1. The Balaban J connectivity index is 1.47. The molecule has 0 bridgehead atoms. The number of fused-ring (bicyclic) bond motifs is 1. The molecule has 2 aromatic rings. The van der Waals surface area contributed by atoms with Gasteiger partial charge in [-0.1, -0.05) is 17.7 Å². The average Bonchev–Trinajstić information content (AvgIpc) is 3.38. The molecule has 2 saturated heterocycles. The maximum Gasteiger partial charge on any atom is 0.251 e. The van der Waals surface area contributed by atoms with E-state index in [4.69, 9.17) is 11.6 Å². The van der Waals surface area contributed by atoms with Crippen LogP contribution in [-0.4, -0.2) is 86.8 Å². The van der Waals surface area contributed by atoms with Gasteiger partial charge in [0.2, 0.25) is 11.8 Å². The number of nitrogens with one attached hydrogen (secondary N) is 1. The van der Waals surface area contributed by atoms with Crippen molar-refractivity contribution in [2.75, 3.05) is 40.3 Å². The van der Waals surface area contributed by atoms with Gasteiger partial charge in [0.05, 0.1) is 6.54 Å². The number of benzene rings is 1. The topological polar surface area (TPSA) is 90.0 Å². The summed E-state index contributed by atoms with van der Waals surface area (Å²) in [5.41, 5.74) is -1.30. The second-order valence-corrected chi connectivity index (χ2v) is 12.7. The first-order valence-corrected chi connectivity index (χ1v) is 13.6. The minimum atomic E-state index is -3.93. The molecule has 1 N–H and O–H groups in total. The van der Waals surface area contributed by atoms with Gasteiger partial charge in [0.1, 0.15) is 9.75 Å². The molecule has 11 heteroatoms. The Morgan fingerprint density at radius 2 is 2.06 bits per heavy atom. The third-order valence-electron chi connectivity index (χ3n) is 6.52. The number of carbonyl (C=O) groups excluding carboxylic acids is 2. The maximum atomic E-state index is 13.3. The number of likely N-dealkylation sites (N-methyl/N-ethyl adjacent to an activating group) is 1. The molecule has 1 aromatic carbocycles. The summed E-state index contributed by atoms with van der Waals surface area (Å²) in [6.45, 7) is 3.33. The highest BCUT2D eigenvalue weighted by molar-refractivity contribution is 7.91. The molecule has 2 aliphatic rings. The molecule has 2 amide bonds. The third kappa shape index (κ3) is 5.05. The lowest BCUT2D eigenvalue weighted by molar-refractivity contribution is -0.146. The van der Waals surface area contributed by atoms with E-state index in [1.54, 1.807) is 36.1 Å². The molecule has 2 aliphatic heterocycles. The Kier molecular flexibility index (Phi) is 6.76. The Morgan fingerprint density at radius 1 is 1.30 bits per heavy atom. The smallest absolute Gasteiger partial charge is 0.251 e.